The molecule has 114 valence electrons. The van der Waals surface area contributed by atoms with Crippen LogP contribution in [0.1, 0.15) is 51.0 Å². The van der Waals surface area contributed by atoms with Crippen LogP contribution < -0.4 is 5.32 Å². The van der Waals surface area contributed by atoms with Crippen LogP contribution in [-0.4, -0.2) is 17.6 Å². The molecule has 0 saturated heterocycles. The molecule has 0 radical (unpaired) electrons. The molecule has 2 nitrogen and oxygen atoms in total. The van der Waals surface area contributed by atoms with Gasteiger partial charge in [0.25, 0.3) is 0 Å². The first-order chi connectivity index (χ1) is 10.2. The van der Waals surface area contributed by atoms with Crippen molar-refractivity contribution in [3.8, 4) is 0 Å². The van der Waals surface area contributed by atoms with E-state index in [0.717, 1.165) is 30.7 Å². The fourth-order valence-electron chi connectivity index (χ4n) is 5.90. The van der Waals surface area contributed by atoms with Crippen LogP contribution in [0, 0.1) is 23.2 Å². The van der Waals surface area contributed by atoms with Crippen molar-refractivity contribution in [2.24, 2.45) is 23.2 Å². The molecule has 2 heteroatoms. The van der Waals surface area contributed by atoms with Gasteiger partial charge < -0.3 is 5.32 Å². The summed E-state index contributed by atoms with van der Waals surface area (Å²) in [6.07, 6.45) is 14.1. The summed E-state index contributed by atoms with van der Waals surface area (Å²) in [6, 6.07) is 4.91. The zero-order valence-corrected chi connectivity index (χ0v) is 13.2. The molecule has 0 amide bonds. The summed E-state index contributed by atoms with van der Waals surface area (Å²) in [5.74, 6) is 3.16. The van der Waals surface area contributed by atoms with Gasteiger partial charge in [-0.25, -0.2) is 0 Å². The van der Waals surface area contributed by atoms with E-state index in [9.17, 15) is 0 Å². The maximum atomic E-state index is 4.21. The van der Waals surface area contributed by atoms with Gasteiger partial charge in [-0.15, -0.1) is 0 Å². The average Bonchev–Trinajstić information content (AvgIpc) is 2.47. The van der Waals surface area contributed by atoms with E-state index in [1.165, 1.54) is 24.8 Å². The lowest BCUT2D eigenvalue weighted by Gasteiger charge is -2.59. The third-order valence-corrected chi connectivity index (χ3v) is 6.59. The van der Waals surface area contributed by atoms with Crippen LogP contribution in [0.4, 0.5) is 0 Å². The third-order valence-electron chi connectivity index (χ3n) is 6.59. The summed E-state index contributed by atoms with van der Waals surface area (Å²) in [4.78, 5) is 4.21. The van der Waals surface area contributed by atoms with Crippen LogP contribution in [0.5, 0.6) is 0 Å². The lowest BCUT2D eigenvalue weighted by atomic mass is 9.48. The largest absolute Gasteiger partial charge is 0.313 e. The predicted molar refractivity (Wildman–Crippen MR) is 86.0 cm³/mol. The van der Waals surface area contributed by atoms with Gasteiger partial charge in [-0.1, -0.05) is 6.07 Å². The first-order valence-electron chi connectivity index (χ1n) is 8.86. The van der Waals surface area contributed by atoms with Crippen LogP contribution in [0.25, 0.3) is 0 Å². The van der Waals surface area contributed by atoms with Crippen molar-refractivity contribution in [2.45, 2.75) is 57.9 Å². The molecule has 5 rings (SSSR count). The van der Waals surface area contributed by atoms with Gasteiger partial charge in [0.2, 0.25) is 0 Å². The zero-order chi connectivity index (χ0) is 14.3. The highest BCUT2D eigenvalue weighted by atomic mass is 14.9. The van der Waals surface area contributed by atoms with E-state index in [2.05, 4.69) is 23.3 Å². The molecule has 4 bridgehead atoms. The van der Waals surface area contributed by atoms with Gasteiger partial charge in [0, 0.05) is 18.4 Å². The monoisotopic (exact) mass is 284 g/mol. The minimum Gasteiger partial charge on any atom is -0.313 e. The van der Waals surface area contributed by atoms with E-state index in [1.807, 2.05) is 18.5 Å². The smallest absolute Gasteiger partial charge is 0.0300 e. The molecule has 1 unspecified atom stereocenters. The van der Waals surface area contributed by atoms with E-state index in [4.69, 9.17) is 0 Å². The molecule has 0 aliphatic heterocycles. The summed E-state index contributed by atoms with van der Waals surface area (Å²) >= 11 is 0. The van der Waals surface area contributed by atoms with Crippen molar-refractivity contribution in [1.29, 1.82) is 0 Å². The number of hydrogen-bond donors (Lipinski definition) is 1. The number of nitrogens with one attached hydrogen (secondary N) is 1. The quantitative estimate of drug-likeness (QED) is 0.889. The molecular weight excluding hydrogens is 256 g/mol. The molecular formula is C19H28N2. The van der Waals surface area contributed by atoms with Crippen molar-refractivity contribution in [3.05, 3.63) is 30.1 Å². The van der Waals surface area contributed by atoms with Gasteiger partial charge in [-0.3, -0.25) is 4.98 Å². The first-order valence-corrected chi connectivity index (χ1v) is 8.86. The minimum atomic E-state index is 0.629. The molecule has 1 N–H and O–H groups in total. The lowest BCUT2D eigenvalue weighted by Crippen LogP contribution is -2.55. The van der Waals surface area contributed by atoms with Crippen molar-refractivity contribution in [3.63, 3.8) is 0 Å². The standard InChI is InChI=1S/C19H28N2/c1-14(21-6-4-15-3-2-5-20-13-15)19-10-16-7-17(11-19)9-18(8-16)12-19/h2-3,5,13-14,16-18,21H,4,6-12H2,1H3. The topological polar surface area (TPSA) is 24.9 Å². The lowest BCUT2D eigenvalue weighted by molar-refractivity contribution is -0.0702. The first kappa shape index (κ1) is 13.8. The Kier molecular flexibility index (Phi) is 3.53. The van der Waals surface area contributed by atoms with Gasteiger partial charge in [-0.05, 0) is 93.2 Å². The Morgan fingerprint density at radius 2 is 1.86 bits per heavy atom. The SMILES string of the molecule is CC(NCCc1cccnc1)C12CC3CC(CC(C3)C1)C2. The summed E-state index contributed by atoms with van der Waals surface area (Å²) in [7, 11) is 0. The molecule has 4 fully saturated rings. The maximum Gasteiger partial charge on any atom is 0.0300 e. The van der Waals surface area contributed by atoms with E-state index in [-0.39, 0.29) is 0 Å². The van der Waals surface area contributed by atoms with E-state index in [0.29, 0.717) is 11.5 Å². The van der Waals surface area contributed by atoms with Crippen molar-refractivity contribution in [1.82, 2.24) is 10.3 Å². The summed E-state index contributed by atoms with van der Waals surface area (Å²) in [5, 5.41) is 3.86. The second-order valence-electron chi connectivity index (χ2n) is 8.07. The Morgan fingerprint density at radius 1 is 1.19 bits per heavy atom. The summed E-state index contributed by atoms with van der Waals surface area (Å²) < 4.78 is 0. The van der Waals surface area contributed by atoms with Crippen LogP contribution >= 0.6 is 0 Å². The van der Waals surface area contributed by atoms with Gasteiger partial charge in [-0.2, -0.15) is 0 Å². The second-order valence-corrected chi connectivity index (χ2v) is 8.07. The van der Waals surface area contributed by atoms with Gasteiger partial charge in [0.05, 0.1) is 0 Å². The fraction of sp³-hybridized carbons (Fsp3) is 0.737. The average molecular weight is 284 g/mol. The Hall–Kier alpha value is -0.890. The fourth-order valence-corrected chi connectivity index (χ4v) is 5.90. The highest BCUT2D eigenvalue weighted by Gasteiger charge is 2.52. The Labute approximate surface area is 128 Å². The second kappa shape index (κ2) is 5.39. The van der Waals surface area contributed by atoms with Crippen LogP contribution in [0.2, 0.25) is 0 Å². The highest BCUT2D eigenvalue weighted by Crippen LogP contribution is 2.61. The number of hydrogen-bond acceptors (Lipinski definition) is 2. The molecule has 1 heterocycles. The van der Waals surface area contributed by atoms with E-state index < -0.39 is 0 Å². The minimum absolute atomic E-state index is 0.629. The normalized spacial score (nSPS) is 38.6. The van der Waals surface area contributed by atoms with Crippen LogP contribution in [0.15, 0.2) is 24.5 Å². The van der Waals surface area contributed by atoms with Crippen molar-refractivity contribution >= 4 is 0 Å². The van der Waals surface area contributed by atoms with Gasteiger partial charge >= 0.3 is 0 Å². The van der Waals surface area contributed by atoms with Gasteiger partial charge in [0.1, 0.15) is 0 Å². The Morgan fingerprint density at radius 3 is 2.43 bits per heavy atom. The van der Waals surface area contributed by atoms with Crippen molar-refractivity contribution in [2.75, 3.05) is 6.54 Å². The molecule has 4 aliphatic rings. The zero-order valence-electron chi connectivity index (χ0n) is 13.2. The molecule has 4 aliphatic carbocycles. The Balaban J connectivity index is 1.35. The molecule has 1 atom stereocenters. The Bertz CT molecular complexity index is 446. The molecule has 21 heavy (non-hydrogen) atoms. The number of pyridine rings is 1. The summed E-state index contributed by atoms with van der Waals surface area (Å²) in [6.45, 7) is 3.55. The van der Waals surface area contributed by atoms with Gasteiger partial charge in [0.15, 0.2) is 0 Å². The third kappa shape index (κ3) is 2.63. The highest BCUT2D eigenvalue weighted by molar-refractivity contribution is 5.09. The van der Waals surface area contributed by atoms with E-state index >= 15 is 0 Å². The molecule has 4 saturated carbocycles. The number of rotatable bonds is 5. The van der Waals surface area contributed by atoms with E-state index in [1.54, 1.807) is 19.3 Å². The molecule has 0 aromatic carbocycles. The van der Waals surface area contributed by atoms with Crippen LogP contribution in [-0.2, 0) is 6.42 Å². The maximum absolute atomic E-state index is 4.21. The van der Waals surface area contributed by atoms with Crippen molar-refractivity contribution < 1.29 is 0 Å². The molecule has 1 aromatic rings. The molecule has 0 spiro atoms. The van der Waals surface area contributed by atoms with Crippen LogP contribution in [0.3, 0.4) is 0 Å². The number of aromatic nitrogens is 1. The summed E-state index contributed by atoms with van der Waals surface area (Å²) in [5.41, 5.74) is 1.98. The number of nitrogens with zero attached hydrogens (tertiary/aromatic N) is 1. The predicted octanol–water partition coefficient (Wildman–Crippen LogP) is 3.82. The molecule has 1 aromatic heterocycles.